The SMILES string of the molecule is CN1CCCc2ccc(CC(N)C(=O)O)cc21. The Morgan fingerprint density at radius 3 is 3.06 bits per heavy atom. The number of benzene rings is 1. The molecule has 4 heteroatoms. The van der Waals surface area contributed by atoms with E-state index in [1.165, 1.54) is 17.7 Å². The lowest BCUT2D eigenvalue weighted by molar-refractivity contribution is -0.138. The van der Waals surface area contributed by atoms with Crippen LogP contribution < -0.4 is 10.6 Å². The molecule has 17 heavy (non-hydrogen) atoms. The van der Waals surface area contributed by atoms with Crippen molar-refractivity contribution in [2.75, 3.05) is 18.5 Å². The first kappa shape index (κ1) is 11.9. The highest BCUT2D eigenvalue weighted by Gasteiger charge is 2.16. The third-order valence-corrected chi connectivity index (χ3v) is 3.27. The molecule has 4 nitrogen and oxygen atoms in total. The third-order valence-electron chi connectivity index (χ3n) is 3.27. The number of aryl methyl sites for hydroxylation is 1. The summed E-state index contributed by atoms with van der Waals surface area (Å²) in [6, 6.07) is 5.33. The summed E-state index contributed by atoms with van der Waals surface area (Å²) >= 11 is 0. The summed E-state index contributed by atoms with van der Waals surface area (Å²) in [5, 5.41) is 8.80. The lowest BCUT2D eigenvalue weighted by atomic mass is 9.97. The molecule has 0 saturated carbocycles. The minimum Gasteiger partial charge on any atom is -0.480 e. The topological polar surface area (TPSA) is 66.6 Å². The van der Waals surface area contributed by atoms with Crippen LogP contribution in [-0.2, 0) is 17.6 Å². The summed E-state index contributed by atoms with van der Waals surface area (Å²) < 4.78 is 0. The van der Waals surface area contributed by atoms with E-state index in [9.17, 15) is 4.79 Å². The van der Waals surface area contributed by atoms with Gasteiger partial charge in [-0.05, 0) is 36.5 Å². The number of hydrogen-bond acceptors (Lipinski definition) is 3. The number of nitrogens with zero attached hydrogens (tertiary/aromatic N) is 1. The van der Waals surface area contributed by atoms with Gasteiger partial charge < -0.3 is 15.7 Å². The molecule has 0 aliphatic carbocycles. The van der Waals surface area contributed by atoms with Crippen LogP contribution in [0.2, 0.25) is 0 Å². The van der Waals surface area contributed by atoms with Gasteiger partial charge in [-0.3, -0.25) is 4.79 Å². The molecular formula is C13H18N2O2. The Morgan fingerprint density at radius 2 is 2.35 bits per heavy atom. The van der Waals surface area contributed by atoms with Crippen molar-refractivity contribution in [3.05, 3.63) is 29.3 Å². The predicted molar refractivity (Wildman–Crippen MR) is 67.3 cm³/mol. The van der Waals surface area contributed by atoms with E-state index in [2.05, 4.69) is 24.1 Å². The lowest BCUT2D eigenvalue weighted by Gasteiger charge is -2.28. The first-order valence-electron chi connectivity index (χ1n) is 5.89. The smallest absolute Gasteiger partial charge is 0.320 e. The molecule has 3 N–H and O–H groups in total. The Bertz CT molecular complexity index is 431. The van der Waals surface area contributed by atoms with Gasteiger partial charge in [0.15, 0.2) is 0 Å². The molecule has 2 rings (SSSR count). The largest absolute Gasteiger partial charge is 0.480 e. The first-order chi connectivity index (χ1) is 8.08. The van der Waals surface area contributed by atoms with Crippen molar-refractivity contribution in [2.45, 2.75) is 25.3 Å². The number of carboxylic acid groups (broad SMARTS) is 1. The van der Waals surface area contributed by atoms with E-state index >= 15 is 0 Å². The fourth-order valence-corrected chi connectivity index (χ4v) is 2.27. The number of nitrogens with two attached hydrogens (primary N) is 1. The first-order valence-corrected chi connectivity index (χ1v) is 5.89. The Hall–Kier alpha value is -1.55. The molecule has 0 spiro atoms. The van der Waals surface area contributed by atoms with Gasteiger partial charge in [-0.25, -0.2) is 0 Å². The van der Waals surface area contributed by atoms with Crippen molar-refractivity contribution in [2.24, 2.45) is 5.73 Å². The van der Waals surface area contributed by atoms with Gasteiger partial charge in [-0.15, -0.1) is 0 Å². The number of hydrogen-bond donors (Lipinski definition) is 2. The molecule has 1 aliphatic heterocycles. The van der Waals surface area contributed by atoms with Crippen molar-refractivity contribution >= 4 is 11.7 Å². The average Bonchev–Trinajstić information content (AvgIpc) is 2.30. The molecule has 1 aliphatic rings. The Morgan fingerprint density at radius 1 is 1.59 bits per heavy atom. The van der Waals surface area contributed by atoms with Crippen LogP contribution in [0, 0.1) is 0 Å². The summed E-state index contributed by atoms with van der Waals surface area (Å²) in [6.45, 7) is 1.06. The number of rotatable bonds is 3. The highest BCUT2D eigenvalue weighted by molar-refractivity contribution is 5.73. The van der Waals surface area contributed by atoms with E-state index in [0.717, 1.165) is 18.5 Å². The minimum atomic E-state index is -0.948. The highest BCUT2D eigenvalue weighted by Crippen LogP contribution is 2.27. The van der Waals surface area contributed by atoms with Crippen molar-refractivity contribution in [1.29, 1.82) is 0 Å². The summed E-state index contributed by atoms with van der Waals surface area (Å²) in [5.41, 5.74) is 9.09. The second kappa shape index (κ2) is 4.75. The van der Waals surface area contributed by atoms with Crippen LogP contribution in [0.25, 0.3) is 0 Å². The van der Waals surface area contributed by atoms with E-state index < -0.39 is 12.0 Å². The molecule has 1 aromatic carbocycles. The quantitative estimate of drug-likeness (QED) is 0.819. The number of fused-ring (bicyclic) bond motifs is 1. The number of carboxylic acids is 1. The molecule has 0 saturated heterocycles. The van der Waals surface area contributed by atoms with Crippen LogP contribution >= 0.6 is 0 Å². The number of aliphatic carboxylic acids is 1. The highest BCUT2D eigenvalue weighted by atomic mass is 16.4. The fourth-order valence-electron chi connectivity index (χ4n) is 2.27. The van der Waals surface area contributed by atoms with Gasteiger partial charge >= 0.3 is 5.97 Å². The van der Waals surface area contributed by atoms with Crippen LogP contribution in [0.3, 0.4) is 0 Å². The van der Waals surface area contributed by atoms with Crippen LogP contribution in [0.4, 0.5) is 5.69 Å². The van der Waals surface area contributed by atoms with E-state index in [-0.39, 0.29) is 0 Å². The Balaban J connectivity index is 2.20. The normalized spacial score (nSPS) is 16.5. The Labute approximate surface area is 101 Å². The van der Waals surface area contributed by atoms with E-state index in [1.807, 2.05) is 6.07 Å². The van der Waals surface area contributed by atoms with Gasteiger partial charge in [-0.2, -0.15) is 0 Å². The molecule has 1 unspecified atom stereocenters. The van der Waals surface area contributed by atoms with Gasteiger partial charge in [0.1, 0.15) is 6.04 Å². The van der Waals surface area contributed by atoms with E-state index in [4.69, 9.17) is 10.8 Å². The van der Waals surface area contributed by atoms with Gasteiger partial charge in [0.05, 0.1) is 0 Å². The van der Waals surface area contributed by atoms with Crippen molar-refractivity contribution < 1.29 is 9.90 Å². The van der Waals surface area contributed by atoms with Gasteiger partial charge in [0.2, 0.25) is 0 Å². The minimum absolute atomic E-state index is 0.385. The van der Waals surface area contributed by atoms with Gasteiger partial charge in [0.25, 0.3) is 0 Å². The third kappa shape index (κ3) is 2.58. The maximum absolute atomic E-state index is 10.7. The standard InChI is InChI=1S/C13H18N2O2/c1-15-6-2-3-10-5-4-9(8-12(10)15)7-11(14)13(16)17/h4-5,8,11H,2-3,6-7,14H2,1H3,(H,16,17). The molecule has 1 atom stereocenters. The molecule has 0 fully saturated rings. The second-order valence-corrected chi connectivity index (χ2v) is 4.64. The Kier molecular flexibility index (Phi) is 3.33. The van der Waals surface area contributed by atoms with Crippen LogP contribution in [0.1, 0.15) is 17.5 Å². The maximum atomic E-state index is 10.7. The zero-order chi connectivity index (χ0) is 12.4. The zero-order valence-corrected chi connectivity index (χ0v) is 10.0. The second-order valence-electron chi connectivity index (χ2n) is 4.64. The summed E-state index contributed by atoms with van der Waals surface area (Å²) in [5.74, 6) is -0.948. The van der Waals surface area contributed by atoms with Crippen molar-refractivity contribution in [3.8, 4) is 0 Å². The van der Waals surface area contributed by atoms with Gasteiger partial charge in [-0.1, -0.05) is 12.1 Å². The van der Waals surface area contributed by atoms with E-state index in [0.29, 0.717) is 6.42 Å². The summed E-state index contributed by atoms with van der Waals surface area (Å²) in [4.78, 5) is 12.9. The maximum Gasteiger partial charge on any atom is 0.320 e. The van der Waals surface area contributed by atoms with Crippen molar-refractivity contribution in [3.63, 3.8) is 0 Å². The molecule has 92 valence electrons. The lowest BCUT2D eigenvalue weighted by Crippen LogP contribution is -2.32. The predicted octanol–water partition coefficient (Wildman–Crippen LogP) is 1.02. The molecule has 0 radical (unpaired) electrons. The summed E-state index contributed by atoms with van der Waals surface area (Å²) in [7, 11) is 2.07. The molecule has 0 bridgehead atoms. The fraction of sp³-hybridized carbons (Fsp3) is 0.462. The number of carbonyl (C=O) groups is 1. The molecule has 0 aromatic heterocycles. The molecule has 1 heterocycles. The molecule has 1 aromatic rings. The number of anilines is 1. The van der Waals surface area contributed by atoms with Crippen LogP contribution in [0.5, 0.6) is 0 Å². The summed E-state index contributed by atoms with van der Waals surface area (Å²) in [6.07, 6.45) is 2.67. The van der Waals surface area contributed by atoms with Crippen LogP contribution in [0.15, 0.2) is 18.2 Å². The zero-order valence-electron chi connectivity index (χ0n) is 10.0. The molecule has 0 amide bonds. The van der Waals surface area contributed by atoms with Crippen LogP contribution in [-0.4, -0.2) is 30.7 Å². The van der Waals surface area contributed by atoms with Crippen molar-refractivity contribution in [1.82, 2.24) is 0 Å². The monoisotopic (exact) mass is 234 g/mol. The van der Waals surface area contributed by atoms with Gasteiger partial charge in [0, 0.05) is 19.3 Å². The van der Waals surface area contributed by atoms with E-state index in [1.54, 1.807) is 0 Å². The molecular weight excluding hydrogens is 216 g/mol. The average molecular weight is 234 g/mol.